The van der Waals surface area contributed by atoms with E-state index >= 15 is 0 Å². The highest BCUT2D eigenvalue weighted by Gasteiger charge is 2.48. The minimum atomic E-state index is -0.731. The molecule has 0 saturated carbocycles. The molecule has 3 heterocycles. The van der Waals surface area contributed by atoms with Gasteiger partial charge in [-0.05, 0) is 35.7 Å². The van der Waals surface area contributed by atoms with Crippen molar-refractivity contribution >= 4 is 56.9 Å². The molecule has 1 amide bonds. The van der Waals surface area contributed by atoms with Crippen LogP contribution in [-0.2, 0) is 9.59 Å². The van der Waals surface area contributed by atoms with E-state index in [1.165, 1.54) is 27.6 Å². The zero-order valence-corrected chi connectivity index (χ0v) is 15.5. The van der Waals surface area contributed by atoms with Crippen molar-refractivity contribution in [3.05, 3.63) is 74.4 Å². The third-order valence-electron chi connectivity index (χ3n) is 4.00. The lowest BCUT2D eigenvalue weighted by atomic mass is 10.00. The predicted octanol–water partition coefficient (Wildman–Crippen LogP) is 4.48. The van der Waals surface area contributed by atoms with E-state index in [2.05, 4.69) is 4.98 Å². The number of carbonyl (C=O) groups excluding carboxylic acids is 2. The number of rotatable bonds is 3. The average molecular weight is 403 g/mol. The molecule has 0 radical (unpaired) electrons. The number of nitrogens with zero attached hydrogens (tertiary/aromatic N) is 2. The van der Waals surface area contributed by atoms with Gasteiger partial charge in [-0.1, -0.05) is 17.7 Å². The molecule has 4 rings (SSSR count). The van der Waals surface area contributed by atoms with Gasteiger partial charge in [0.1, 0.15) is 11.8 Å². The van der Waals surface area contributed by atoms with Gasteiger partial charge in [0.05, 0.1) is 5.57 Å². The summed E-state index contributed by atoms with van der Waals surface area (Å²) >= 11 is 8.57. The molecule has 26 heavy (non-hydrogen) atoms. The van der Waals surface area contributed by atoms with Gasteiger partial charge in [0.25, 0.3) is 5.78 Å². The summed E-state index contributed by atoms with van der Waals surface area (Å²) in [5.74, 6) is -1.66. The number of ketones is 1. The van der Waals surface area contributed by atoms with Crippen LogP contribution in [-0.4, -0.2) is 21.8 Å². The molecule has 1 aliphatic heterocycles. The maximum Gasteiger partial charge on any atom is 0.301 e. The standard InChI is InChI=1S/C18H11ClN2O3S2/c19-11-5-3-10(4-6-11)15(22)13-14(12-2-1-8-25-12)21(17(24)16(13)23)18-20-7-9-26-18/h1-9,14,22H/b15-13+/t14-/m0/s1. The minimum Gasteiger partial charge on any atom is -0.507 e. The molecule has 8 heteroatoms. The van der Waals surface area contributed by atoms with E-state index in [4.69, 9.17) is 11.6 Å². The van der Waals surface area contributed by atoms with Crippen LogP contribution in [0.2, 0.25) is 5.02 Å². The summed E-state index contributed by atoms with van der Waals surface area (Å²) in [6.45, 7) is 0. The van der Waals surface area contributed by atoms with Crippen molar-refractivity contribution in [1.29, 1.82) is 0 Å². The quantitative estimate of drug-likeness (QED) is 0.398. The minimum absolute atomic E-state index is 0.0509. The van der Waals surface area contributed by atoms with Gasteiger partial charge in [-0.3, -0.25) is 14.5 Å². The molecule has 1 atom stereocenters. The van der Waals surface area contributed by atoms with Crippen molar-refractivity contribution in [3.63, 3.8) is 0 Å². The van der Waals surface area contributed by atoms with E-state index in [9.17, 15) is 14.7 Å². The lowest BCUT2D eigenvalue weighted by Crippen LogP contribution is -2.28. The number of aromatic nitrogens is 1. The van der Waals surface area contributed by atoms with E-state index < -0.39 is 17.7 Å². The predicted molar refractivity (Wildman–Crippen MR) is 103 cm³/mol. The van der Waals surface area contributed by atoms with Gasteiger partial charge in [-0.15, -0.1) is 22.7 Å². The van der Waals surface area contributed by atoms with Crippen LogP contribution in [0.15, 0.2) is 58.9 Å². The van der Waals surface area contributed by atoms with E-state index in [0.717, 1.165) is 4.88 Å². The first kappa shape index (κ1) is 17.0. The molecule has 3 aromatic rings. The first-order valence-corrected chi connectivity index (χ1v) is 9.71. The number of anilines is 1. The van der Waals surface area contributed by atoms with Gasteiger partial charge in [0, 0.05) is 27.0 Å². The average Bonchev–Trinajstić information content (AvgIpc) is 3.37. The molecule has 1 saturated heterocycles. The molecule has 1 N–H and O–H groups in total. The summed E-state index contributed by atoms with van der Waals surface area (Å²) < 4.78 is 0. The molecule has 1 fully saturated rings. The molecular weight excluding hydrogens is 392 g/mol. The maximum atomic E-state index is 12.7. The number of Topliss-reactive ketones (excluding diaryl/α,β-unsaturated/α-hetero) is 1. The Morgan fingerprint density at radius 3 is 2.50 bits per heavy atom. The first-order chi connectivity index (χ1) is 12.6. The number of hydrogen-bond acceptors (Lipinski definition) is 6. The van der Waals surface area contributed by atoms with Gasteiger partial charge < -0.3 is 5.11 Å². The summed E-state index contributed by atoms with van der Waals surface area (Å²) in [6, 6.07) is 9.42. The molecule has 0 aliphatic carbocycles. The Morgan fingerprint density at radius 1 is 1.12 bits per heavy atom. The molecule has 1 aliphatic rings. The topological polar surface area (TPSA) is 70.5 Å². The fourth-order valence-corrected chi connectivity index (χ4v) is 4.46. The number of hydrogen-bond donors (Lipinski definition) is 1. The van der Waals surface area contributed by atoms with Gasteiger partial charge in [-0.25, -0.2) is 4.98 Å². The second kappa shape index (κ2) is 6.68. The largest absolute Gasteiger partial charge is 0.507 e. The molecule has 2 aromatic heterocycles. The fourth-order valence-electron chi connectivity index (χ4n) is 2.84. The SMILES string of the molecule is O=C1C(=O)N(c2nccs2)[C@@H](c2cccs2)/C1=C(\O)c1ccc(Cl)cc1. The summed E-state index contributed by atoms with van der Waals surface area (Å²) in [5.41, 5.74) is 0.475. The molecular formula is C18H11ClN2O3S2. The summed E-state index contributed by atoms with van der Waals surface area (Å²) in [6.07, 6.45) is 1.57. The van der Waals surface area contributed by atoms with Gasteiger partial charge in [-0.2, -0.15) is 0 Å². The summed E-state index contributed by atoms with van der Waals surface area (Å²) in [5, 5.41) is 15.3. The lowest BCUT2D eigenvalue weighted by molar-refractivity contribution is -0.132. The van der Waals surface area contributed by atoms with Crippen LogP contribution in [0.1, 0.15) is 16.5 Å². The fraction of sp³-hybridized carbons (Fsp3) is 0.0556. The number of aliphatic hydroxyl groups is 1. The van der Waals surface area contributed by atoms with Crippen LogP contribution in [0.25, 0.3) is 5.76 Å². The van der Waals surface area contributed by atoms with E-state index in [1.807, 2.05) is 17.5 Å². The van der Waals surface area contributed by atoms with Crippen LogP contribution in [0.4, 0.5) is 5.13 Å². The molecule has 0 spiro atoms. The smallest absolute Gasteiger partial charge is 0.301 e. The second-order valence-corrected chi connectivity index (χ2v) is 7.79. The summed E-state index contributed by atoms with van der Waals surface area (Å²) in [7, 11) is 0. The Labute approximate surface area is 161 Å². The van der Waals surface area contributed by atoms with Crippen molar-refractivity contribution in [2.75, 3.05) is 4.90 Å². The zero-order chi connectivity index (χ0) is 18.3. The van der Waals surface area contributed by atoms with Gasteiger partial charge >= 0.3 is 5.91 Å². The van der Waals surface area contributed by atoms with Crippen LogP contribution >= 0.6 is 34.3 Å². The van der Waals surface area contributed by atoms with Crippen molar-refractivity contribution in [1.82, 2.24) is 4.98 Å². The normalized spacial score (nSPS) is 19.3. The number of halogens is 1. The van der Waals surface area contributed by atoms with E-state index in [0.29, 0.717) is 15.7 Å². The number of aliphatic hydroxyl groups excluding tert-OH is 1. The van der Waals surface area contributed by atoms with Crippen molar-refractivity contribution < 1.29 is 14.7 Å². The number of carbonyl (C=O) groups is 2. The molecule has 0 unspecified atom stereocenters. The molecule has 5 nitrogen and oxygen atoms in total. The van der Waals surface area contributed by atoms with Crippen LogP contribution in [0.5, 0.6) is 0 Å². The number of amides is 1. The third-order valence-corrected chi connectivity index (χ3v) is 5.95. The van der Waals surface area contributed by atoms with Crippen molar-refractivity contribution in [2.45, 2.75) is 6.04 Å². The first-order valence-electron chi connectivity index (χ1n) is 7.58. The van der Waals surface area contributed by atoms with Crippen molar-refractivity contribution in [3.8, 4) is 0 Å². The highest BCUT2D eigenvalue weighted by molar-refractivity contribution is 7.14. The summed E-state index contributed by atoms with van der Waals surface area (Å²) in [4.78, 5) is 31.7. The van der Waals surface area contributed by atoms with Gasteiger partial charge in [0.15, 0.2) is 5.13 Å². The molecule has 1 aromatic carbocycles. The second-order valence-electron chi connectivity index (χ2n) is 5.51. The van der Waals surface area contributed by atoms with E-state index in [1.54, 1.807) is 35.8 Å². The van der Waals surface area contributed by atoms with Crippen molar-refractivity contribution in [2.24, 2.45) is 0 Å². The Hall–Kier alpha value is -2.48. The van der Waals surface area contributed by atoms with Crippen LogP contribution in [0, 0.1) is 0 Å². The Morgan fingerprint density at radius 2 is 1.88 bits per heavy atom. The Bertz CT molecular complexity index is 996. The Kier molecular flexibility index (Phi) is 4.36. The maximum absolute atomic E-state index is 12.7. The number of benzene rings is 1. The third kappa shape index (κ3) is 2.74. The molecule has 130 valence electrons. The monoisotopic (exact) mass is 402 g/mol. The lowest BCUT2D eigenvalue weighted by Gasteiger charge is -2.21. The molecule has 0 bridgehead atoms. The Balaban J connectivity index is 1.92. The highest BCUT2D eigenvalue weighted by Crippen LogP contribution is 2.43. The van der Waals surface area contributed by atoms with Gasteiger partial charge in [0.2, 0.25) is 0 Å². The zero-order valence-electron chi connectivity index (χ0n) is 13.1. The van der Waals surface area contributed by atoms with Crippen LogP contribution < -0.4 is 4.90 Å². The number of thiophene rings is 1. The van der Waals surface area contributed by atoms with Crippen LogP contribution in [0.3, 0.4) is 0 Å². The van der Waals surface area contributed by atoms with E-state index in [-0.39, 0.29) is 11.3 Å². The highest BCUT2D eigenvalue weighted by atomic mass is 35.5. The number of thiazole rings is 1.